The van der Waals surface area contributed by atoms with Crippen LogP contribution in [0.4, 0.5) is 0 Å². The summed E-state index contributed by atoms with van der Waals surface area (Å²) < 4.78 is 6.46. The Hall–Kier alpha value is -0.0800. The molecule has 0 aliphatic heterocycles. The lowest BCUT2D eigenvalue weighted by atomic mass is 9.75. The normalized spacial score (nSPS) is 29.8. The van der Waals surface area contributed by atoms with Crippen LogP contribution in [0.1, 0.15) is 60.8 Å². The third-order valence-electron chi connectivity index (χ3n) is 4.23. The number of nitrogens with one attached hydrogen (secondary N) is 1. The maximum Gasteiger partial charge on any atom is 0.0754 e. The maximum atomic E-state index is 6.46. The second-order valence-electron chi connectivity index (χ2n) is 7.02. The van der Waals surface area contributed by atoms with Gasteiger partial charge in [-0.05, 0) is 51.0 Å². The molecule has 0 heterocycles. The van der Waals surface area contributed by atoms with Crippen molar-refractivity contribution in [1.29, 1.82) is 0 Å². The molecule has 0 aromatic heterocycles. The van der Waals surface area contributed by atoms with Gasteiger partial charge in [-0.3, -0.25) is 0 Å². The van der Waals surface area contributed by atoms with Crippen molar-refractivity contribution in [2.24, 2.45) is 17.8 Å². The summed E-state index contributed by atoms with van der Waals surface area (Å²) in [5.74, 6) is 2.29. The Balaban J connectivity index is 2.59. The molecule has 2 heteroatoms. The zero-order valence-corrected chi connectivity index (χ0v) is 13.3. The van der Waals surface area contributed by atoms with Gasteiger partial charge in [0.1, 0.15) is 0 Å². The van der Waals surface area contributed by atoms with Crippen LogP contribution in [0.2, 0.25) is 0 Å². The van der Waals surface area contributed by atoms with Gasteiger partial charge in [0, 0.05) is 6.54 Å². The topological polar surface area (TPSA) is 21.3 Å². The summed E-state index contributed by atoms with van der Waals surface area (Å²) in [7, 11) is 0. The van der Waals surface area contributed by atoms with Crippen molar-refractivity contribution in [3.05, 3.63) is 0 Å². The summed E-state index contributed by atoms with van der Waals surface area (Å²) in [6.07, 6.45) is 4.39. The van der Waals surface area contributed by atoms with Crippen LogP contribution >= 0.6 is 0 Å². The lowest BCUT2D eigenvalue weighted by Gasteiger charge is -2.41. The second-order valence-corrected chi connectivity index (χ2v) is 7.02. The van der Waals surface area contributed by atoms with E-state index in [-0.39, 0.29) is 5.60 Å². The lowest BCUT2D eigenvalue weighted by Crippen LogP contribution is -2.45. The molecule has 3 atom stereocenters. The van der Waals surface area contributed by atoms with Gasteiger partial charge in [0.2, 0.25) is 0 Å². The van der Waals surface area contributed by atoms with Gasteiger partial charge in [-0.1, -0.05) is 34.1 Å². The van der Waals surface area contributed by atoms with Crippen LogP contribution in [0.25, 0.3) is 0 Å². The minimum absolute atomic E-state index is 0.0507. The molecule has 1 rings (SSSR count). The van der Waals surface area contributed by atoms with Crippen molar-refractivity contribution in [2.75, 3.05) is 13.1 Å². The Bertz CT molecular complexity index is 237. The van der Waals surface area contributed by atoms with E-state index >= 15 is 0 Å². The fraction of sp³-hybridized carbons (Fsp3) is 1.00. The van der Waals surface area contributed by atoms with Crippen LogP contribution in [0, 0.1) is 17.8 Å². The van der Waals surface area contributed by atoms with Crippen LogP contribution in [-0.4, -0.2) is 24.8 Å². The zero-order chi connectivity index (χ0) is 13.8. The highest BCUT2D eigenvalue weighted by atomic mass is 16.5. The van der Waals surface area contributed by atoms with E-state index in [0.29, 0.717) is 6.10 Å². The Morgan fingerprint density at radius 3 is 2.50 bits per heavy atom. The summed E-state index contributed by atoms with van der Waals surface area (Å²) in [6.45, 7) is 15.6. The van der Waals surface area contributed by atoms with E-state index in [1.54, 1.807) is 0 Å². The monoisotopic (exact) mass is 255 g/mol. The molecule has 0 aromatic carbocycles. The molecule has 1 fully saturated rings. The molecule has 0 bridgehead atoms. The number of hydrogen-bond acceptors (Lipinski definition) is 2. The quantitative estimate of drug-likeness (QED) is 0.778. The first kappa shape index (κ1) is 16.0. The van der Waals surface area contributed by atoms with Gasteiger partial charge in [-0.2, -0.15) is 0 Å². The van der Waals surface area contributed by atoms with Gasteiger partial charge in [-0.25, -0.2) is 0 Å². The Labute approximate surface area is 114 Å². The summed E-state index contributed by atoms with van der Waals surface area (Å²) in [4.78, 5) is 0. The summed E-state index contributed by atoms with van der Waals surface area (Å²) >= 11 is 0. The molecule has 1 aliphatic rings. The van der Waals surface area contributed by atoms with Crippen molar-refractivity contribution in [1.82, 2.24) is 5.32 Å². The first-order valence-electron chi connectivity index (χ1n) is 7.74. The highest BCUT2D eigenvalue weighted by Crippen LogP contribution is 2.37. The van der Waals surface area contributed by atoms with Crippen LogP contribution in [-0.2, 0) is 4.74 Å². The molecule has 0 amide bonds. The molecule has 3 unspecified atom stereocenters. The lowest BCUT2D eigenvalue weighted by molar-refractivity contribution is -0.121. The first-order valence-corrected chi connectivity index (χ1v) is 7.74. The van der Waals surface area contributed by atoms with E-state index in [1.165, 1.54) is 19.3 Å². The highest BCUT2D eigenvalue weighted by molar-refractivity contribution is 4.84. The SMILES string of the molecule is CCNCC(C)(C)OC1CC(C)CCC1C(C)C. The zero-order valence-electron chi connectivity index (χ0n) is 13.3. The predicted molar refractivity (Wildman–Crippen MR) is 78.8 cm³/mol. The minimum Gasteiger partial charge on any atom is -0.371 e. The minimum atomic E-state index is -0.0507. The van der Waals surface area contributed by atoms with E-state index in [9.17, 15) is 0 Å². The van der Waals surface area contributed by atoms with Gasteiger partial charge in [-0.15, -0.1) is 0 Å². The molecule has 2 nitrogen and oxygen atoms in total. The molecule has 0 aromatic rings. The predicted octanol–water partition coefficient (Wildman–Crippen LogP) is 3.85. The molecular weight excluding hydrogens is 222 g/mol. The molecule has 108 valence electrons. The first-order chi connectivity index (χ1) is 8.35. The molecular formula is C16H33NO. The Morgan fingerprint density at radius 1 is 1.28 bits per heavy atom. The molecule has 0 radical (unpaired) electrons. The number of likely N-dealkylation sites (N-methyl/N-ethyl adjacent to an activating group) is 1. The average molecular weight is 255 g/mol. The maximum absolute atomic E-state index is 6.46. The Kier molecular flexibility index (Phi) is 6.13. The molecule has 1 N–H and O–H groups in total. The molecule has 18 heavy (non-hydrogen) atoms. The summed E-state index contributed by atoms with van der Waals surface area (Å²) in [5, 5.41) is 3.41. The van der Waals surface area contributed by atoms with Crippen molar-refractivity contribution in [3.63, 3.8) is 0 Å². The van der Waals surface area contributed by atoms with Crippen molar-refractivity contribution in [2.45, 2.75) is 72.5 Å². The van der Waals surface area contributed by atoms with Crippen molar-refractivity contribution in [3.8, 4) is 0 Å². The van der Waals surface area contributed by atoms with E-state index < -0.39 is 0 Å². The second kappa shape index (κ2) is 6.91. The van der Waals surface area contributed by atoms with Gasteiger partial charge in [0.05, 0.1) is 11.7 Å². The largest absolute Gasteiger partial charge is 0.371 e. The van der Waals surface area contributed by atoms with Gasteiger partial charge < -0.3 is 10.1 Å². The average Bonchev–Trinajstić information content (AvgIpc) is 2.25. The van der Waals surface area contributed by atoms with Crippen LogP contribution in [0.5, 0.6) is 0 Å². The van der Waals surface area contributed by atoms with Crippen LogP contribution < -0.4 is 5.32 Å². The number of ether oxygens (including phenoxy) is 1. The smallest absolute Gasteiger partial charge is 0.0754 e. The third-order valence-corrected chi connectivity index (χ3v) is 4.23. The highest BCUT2D eigenvalue weighted by Gasteiger charge is 2.35. The van der Waals surface area contributed by atoms with E-state index in [0.717, 1.165) is 30.8 Å². The van der Waals surface area contributed by atoms with Crippen molar-refractivity contribution >= 4 is 0 Å². The fourth-order valence-electron chi connectivity index (χ4n) is 3.13. The van der Waals surface area contributed by atoms with Crippen molar-refractivity contribution < 1.29 is 4.74 Å². The fourth-order valence-corrected chi connectivity index (χ4v) is 3.13. The standard InChI is InChI=1S/C16H33NO/c1-7-17-11-16(5,6)18-15-10-13(4)8-9-14(15)12(2)3/h12-15,17H,7-11H2,1-6H3. The summed E-state index contributed by atoms with van der Waals surface area (Å²) in [6, 6.07) is 0. The number of rotatable bonds is 6. The van der Waals surface area contributed by atoms with E-state index in [1.807, 2.05) is 0 Å². The van der Waals surface area contributed by atoms with Gasteiger partial charge in [0.25, 0.3) is 0 Å². The van der Waals surface area contributed by atoms with E-state index in [4.69, 9.17) is 4.74 Å². The molecule has 0 saturated heterocycles. The van der Waals surface area contributed by atoms with Gasteiger partial charge >= 0.3 is 0 Å². The molecule has 0 spiro atoms. The van der Waals surface area contributed by atoms with Crippen LogP contribution in [0.3, 0.4) is 0 Å². The van der Waals surface area contributed by atoms with Crippen LogP contribution in [0.15, 0.2) is 0 Å². The number of hydrogen-bond donors (Lipinski definition) is 1. The molecule has 1 saturated carbocycles. The van der Waals surface area contributed by atoms with E-state index in [2.05, 4.69) is 46.9 Å². The molecule has 1 aliphatic carbocycles. The van der Waals surface area contributed by atoms with Gasteiger partial charge in [0.15, 0.2) is 0 Å². The Morgan fingerprint density at radius 2 is 1.94 bits per heavy atom. The third kappa shape index (κ3) is 4.89. The summed E-state index contributed by atoms with van der Waals surface area (Å²) in [5.41, 5.74) is -0.0507.